The van der Waals surface area contributed by atoms with Crippen molar-refractivity contribution < 1.29 is 9.53 Å². The summed E-state index contributed by atoms with van der Waals surface area (Å²) in [5.41, 5.74) is 4.99. The fourth-order valence-electron chi connectivity index (χ4n) is 3.62. The quantitative estimate of drug-likeness (QED) is 0.423. The van der Waals surface area contributed by atoms with Crippen molar-refractivity contribution >= 4 is 11.6 Å². The van der Waals surface area contributed by atoms with Crippen LogP contribution in [0.3, 0.4) is 0 Å². The zero-order valence-corrected chi connectivity index (χ0v) is 19.3. The maximum Gasteiger partial charge on any atom is 0.224 e. The van der Waals surface area contributed by atoms with Gasteiger partial charge in [-0.15, -0.1) is 0 Å². The topological polar surface area (TPSA) is 81.9 Å². The third kappa shape index (κ3) is 5.83. The minimum absolute atomic E-state index is 0.0221. The van der Waals surface area contributed by atoms with E-state index in [9.17, 15) is 4.79 Å². The normalized spacial score (nSPS) is 10.8. The Balaban J connectivity index is 1.38. The highest BCUT2D eigenvalue weighted by atomic mass is 16.5. The average molecular weight is 442 g/mol. The average Bonchev–Trinajstić information content (AvgIpc) is 3.11. The minimum atomic E-state index is -0.0221. The molecule has 168 valence electrons. The van der Waals surface area contributed by atoms with Crippen molar-refractivity contribution in [3.05, 3.63) is 89.0 Å². The Labute approximate surface area is 193 Å². The first kappa shape index (κ1) is 22.2. The number of carbonyl (C=O) groups excluding carboxylic acids is 1. The fourth-order valence-corrected chi connectivity index (χ4v) is 3.62. The number of nitrogens with zero attached hydrogens (tertiary/aromatic N) is 4. The third-order valence-electron chi connectivity index (χ3n) is 5.11. The van der Waals surface area contributed by atoms with Gasteiger partial charge in [0.2, 0.25) is 11.8 Å². The van der Waals surface area contributed by atoms with Gasteiger partial charge in [0.1, 0.15) is 11.6 Å². The van der Waals surface area contributed by atoms with Gasteiger partial charge in [-0.05, 0) is 70.0 Å². The van der Waals surface area contributed by atoms with Gasteiger partial charge in [-0.2, -0.15) is 10.1 Å². The van der Waals surface area contributed by atoms with Gasteiger partial charge in [-0.25, -0.2) is 9.67 Å². The van der Waals surface area contributed by atoms with Crippen LogP contribution in [-0.2, 0) is 11.2 Å². The molecule has 0 aliphatic heterocycles. The summed E-state index contributed by atoms with van der Waals surface area (Å²) in [6.45, 7) is 7.79. The number of nitrogens with one attached hydrogen (secondary N) is 1. The van der Waals surface area contributed by atoms with Gasteiger partial charge in [0, 0.05) is 23.9 Å². The molecule has 0 radical (unpaired) electrons. The van der Waals surface area contributed by atoms with Crippen LogP contribution in [0.4, 0.5) is 5.69 Å². The molecule has 0 aliphatic rings. The molecule has 2 heterocycles. The van der Waals surface area contributed by atoms with E-state index in [1.165, 1.54) is 5.56 Å². The van der Waals surface area contributed by atoms with E-state index in [0.717, 1.165) is 22.6 Å². The Morgan fingerprint density at radius 2 is 1.76 bits per heavy atom. The Morgan fingerprint density at radius 1 is 0.970 bits per heavy atom. The Hall–Kier alpha value is -4.00. The molecule has 0 fully saturated rings. The first-order chi connectivity index (χ1) is 15.9. The summed E-state index contributed by atoms with van der Waals surface area (Å²) in [7, 11) is 0. The molecular formula is C26H27N5O2. The highest BCUT2D eigenvalue weighted by Crippen LogP contribution is 2.23. The molecule has 0 atom stereocenters. The van der Waals surface area contributed by atoms with E-state index in [1.54, 1.807) is 22.9 Å². The lowest BCUT2D eigenvalue weighted by Crippen LogP contribution is -2.12. The van der Waals surface area contributed by atoms with Gasteiger partial charge in [0.05, 0.1) is 5.69 Å². The molecule has 4 aromatic rings. The fraction of sp³-hybridized carbons (Fsp3) is 0.231. The molecule has 2 aromatic heterocycles. The van der Waals surface area contributed by atoms with Gasteiger partial charge in [0.15, 0.2) is 5.82 Å². The summed E-state index contributed by atoms with van der Waals surface area (Å²) < 4.78 is 7.71. The maximum atomic E-state index is 12.3. The molecule has 0 spiro atoms. The number of rotatable bonds is 7. The predicted octanol–water partition coefficient (Wildman–Crippen LogP) is 5.26. The molecule has 1 amide bonds. The molecule has 0 saturated carbocycles. The number of anilines is 1. The van der Waals surface area contributed by atoms with Crippen molar-refractivity contribution in [1.29, 1.82) is 0 Å². The van der Waals surface area contributed by atoms with Crippen LogP contribution in [0.1, 0.15) is 34.8 Å². The van der Waals surface area contributed by atoms with E-state index in [4.69, 9.17) is 4.74 Å². The van der Waals surface area contributed by atoms with E-state index in [-0.39, 0.29) is 5.91 Å². The van der Waals surface area contributed by atoms with Crippen LogP contribution >= 0.6 is 0 Å². The van der Waals surface area contributed by atoms with Crippen molar-refractivity contribution in [3.8, 4) is 17.4 Å². The van der Waals surface area contributed by atoms with Gasteiger partial charge in [-0.1, -0.05) is 29.8 Å². The van der Waals surface area contributed by atoms with Crippen LogP contribution in [0.5, 0.6) is 11.6 Å². The van der Waals surface area contributed by atoms with Crippen LogP contribution < -0.4 is 10.1 Å². The number of benzene rings is 2. The summed E-state index contributed by atoms with van der Waals surface area (Å²) in [5.74, 6) is 2.27. The standard InChI is InChI=1S/C26H27N5O2/c1-17-6-5-7-21(14-17)8-13-25(32)29-22-9-11-23(12-10-22)33-26-16-24(27-20(4)28-26)31-19(3)15-18(2)30-31/h5-7,9-12,14-16H,8,13H2,1-4H3,(H,29,32). The zero-order chi connectivity index (χ0) is 23.4. The summed E-state index contributed by atoms with van der Waals surface area (Å²) in [5, 5.41) is 7.41. The monoisotopic (exact) mass is 441 g/mol. The first-order valence-corrected chi connectivity index (χ1v) is 10.9. The summed E-state index contributed by atoms with van der Waals surface area (Å²) >= 11 is 0. The van der Waals surface area contributed by atoms with Crippen molar-refractivity contribution in [3.63, 3.8) is 0 Å². The lowest BCUT2D eigenvalue weighted by molar-refractivity contribution is -0.116. The molecule has 4 rings (SSSR count). The second-order valence-electron chi connectivity index (χ2n) is 8.11. The number of ether oxygens (including phenoxy) is 1. The van der Waals surface area contributed by atoms with E-state index < -0.39 is 0 Å². The second kappa shape index (κ2) is 9.65. The van der Waals surface area contributed by atoms with Crippen molar-refractivity contribution in [1.82, 2.24) is 19.7 Å². The highest BCUT2D eigenvalue weighted by molar-refractivity contribution is 5.90. The Morgan fingerprint density at radius 3 is 2.45 bits per heavy atom. The van der Waals surface area contributed by atoms with E-state index in [2.05, 4.69) is 39.4 Å². The van der Waals surface area contributed by atoms with E-state index >= 15 is 0 Å². The molecule has 0 aliphatic carbocycles. The van der Waals surface area contributed by atoms with Gasteiger partial charge in [-0.3, -0.25) is 4.79 Å². The smallest absolute Gasteiger partial charge is 0.224 e. The molecule has 33 heavy (non-hydrogen) atoms. The largest absolute Gasteiger partial charge is 0.439 e. The van der Waals surface area contributed by atoms with Gasteiger partial charge < -0.3 is 10.1 Å². The lowest BCUT2D eigenvalue weighted by Gasteiger charge is -2.10. The molecule has 7 heteroatoms. The molecule has 0 unspecified atom stereocenters. The lowest BCUT2D eigenvalue weighted by atomic mass is 10.1. The maximum absolute atomic E-state index is 12.3. The molecular weight excluding hydrogens is 414 g/mol. The van der Waals surface area contributed by atoms with Crippen molar-refractivity contribution in [2.45, 2.75) is 40.5 Å². The Bertz CT molecular complexity index is 1280. The molecule has 0 saturated heterocycles. The number of hydrogen-bond acceptors (Lipinski definition) is 5. The molecule has 7 nitrogen and oxygen atoms in total. The molecule has 2 aromatic carbocycles. The van der Waals surface area contributed by atoms with Crippen LogP contribution in [-0.4, -0.2) is 25.7 Å². The highest BCUT2D eigenvalue weighted by Gasteiger charge is 2.10. The second-order valence-corrected chi connectivity index (χ2v) is 8.11. The molecule has 1 N–H and O–H groups in total. The minimum Gasteiger partial charge on any atom is -0.439 e. The number of aryl methyl sites for hydroxylation is 5. The molecule has 0 bridgehead atoms. The summed E-state index contributed by atoms with van der Waals surface area (Å²) in [6.07, 6.45) is 1.14. The number of hydrogen-bond donors (Lipinski definition) is 1. The third-order valence-corrected chi connectivity index (χ3v) is 5.11. The van der Waals surface area contributed by atoms with Crippen molar-refractivity contribution in [2.75, 3.05) is 5.32 Å². The Kier molecular flexibility index (Phi) is 6.49. The first-order valence-electron chi connectivity index (χ1n) is 10.9. The van der Waals surface area contributed by atoms with Gasteiger partial charge in [0.25, 0.3) is 0 Å². The number of amides is 1. The SMILES string of the molecule is Cc1cccc(CCC(=O)Nc2ccc(Oc3cc(-n4nc(C)cc4C)nc(C)n3)cc2)c1. The van der Waals surface area contributed by atoms with Crippen LogP contribution in [0.2, 0.25) is 0 Å². The summed E-state index contributed by atoms with van der Waals surface area (Å²) in [6, 6.07) is 19.2. The van der Waals surface area contributed by atoms with E-state index in [0.29, 0.717) is 36.1 Å². The van der Waals surface area contributed by atoms with Crippen LogP contribution in [0.25, 0.3) is 5.82 Å². The zero-order valence-electron chi connectivity index (χ0n) is 19.3. The summed E-state index contributed by atoms with van der Waals surface area (Å²) in [4.78, 5) is 21.2. The number of aromatic nitrogens is 4. The van der Waals surface area contributed by atoms with Crippen molar-refractivity contribution in [2.24, 2.45) is 0 Å². The predicted molar refractivity (Wildman–Crippen MR) is 128 cm³/mol. The van der Waals surface area contributed by atoms with E-state index in [1.807, 2.05) is 51.1 Å². The van der Waals surface area contributed by atoms with Gasteiger partial charge >= 0.3 is 0 Å². The van der Waals surface area contributed by atoms with Crippen LogP contribution in [0.15, 0.2) is 60.7 Å². The number of carbonyl (C=O) groups is 1. The van der Waals surface area contributed by atoms with Crippen LogP contribution in [0, 0.1) is 27.7 Å².